The number of unbranched alkanes of at least 4 members (excludes halogenated alkanes) is 4. The summed E-state index contributed by atoms with van der Waals surface area (Å²) in [5.74, 6) is 1.04. The van der Waals surface area contributed by atoms with E-state index >= 15 is 0 Å². The van der Waals surface area contributed by atoms with E-state index in [1.54, 1.807) is 0 Å². The highest BCUT2D eigenvalue weighted by atomic mass is 32.2. The topological polar surface area (TPSA) is 9.23 Å². The highest BCUT2D eigenvalue weighted by molar-refractivity contribution is 7.99. The molecule has 0 spiro atoms. The fraction of sp³-hybridized carbons (Fsp3) is 1.00. The summed E-state index contributed by atoms with van der Waals surface area (Å²) in [6.45, 7) is 3.81. The quantitative estimate of drug-likeness (QED) is 0.464. The van der Waals surface area contributed by atoms with Gasteiger partial charge in [-0.2, -0.15) is 24.9 Å². The number of halogens is 3. The molecule has 0 atom stereocenters. The fourth-order valence-electron chi connectivity index (χ4n) is 1.40. The third kappa shape index (κ3) is 16.1. The number of alkyl halides is 3. The van der Waals surface area contributed by atoms with E-state index in [0.29, 0.717) is 0 Å². The molecule has 0 aromatic rings. The Balaban J connectivity index is 2.99. The first-order chi connectivity index (χ1) is 8.56. The van der Waals surface area contributed by atoms with Crippen LogP contribution < -0.4 is 0 Å². The molecule has 5 heteroatoms. The van der Waals surface area contributed by atoms with Crippen LogP contribution in [0.1, 0.15) is 51.9 Å². The molecule has 0 amide bonds. The number of hydrogen-bond donors (Lipinski definition) is 0. The van der Waals surface area contributed by atoms with E-state index in [0.717, 1.165) is 57.5 Å². The minimum Gasteiger partial charge on any atom is -0.381 e. The van der Waals surface area contributed by atoms with Gasteiger partial charge in [0.15, 0.2) is 0 Å². The molecular formula is C13H25F3OS. The zero-order valence-electron chi connectivity index (χ0n) is 11.2. The van der Waals surface area contributed by atoms with E-state index in [1.807, 2.05) is 0 Å². The fourth-order valence-corrected chi connectivity index (χ4v) is 2.39. The first-order valence-corrected chi connectivity index (χ1v) is 7.94. The molecule has 0 bridgehead atoms. The maximum atomic E-state index is 11.8. The summed E-state index contributed by atoms with van der Waals surface area (Å²) in [7, 11) is 0. The van der Waals surface area contributed by atoms with Crippen molar-refractivity contribution in [3.63, 3.8) is 0 Å². The number of hydrogen-bond acceptors (Lipinski definition) is 2. The summed E-state index contributed by atoms with van der Waals surface area (Å²) in [6.07, 6.45) is 1.91. The normalized spacial score (nSPS) is 12.0. The first-order valence-electron chi connectivity index (χ1n) is 6.78. The van der Waals surface area contributed by atoms with Gasteiger partial charge in [0.05, 0.1) is 6.42 Å². The lowest BCUT2D eigenvalue weighted by molar-refractivity contribution is -0.129. The molecule has 0 fully saturated rings. The van der Waals surface area contributed by atoms with Gasteiger partial charge in [0.25, 0.3) is 0 Å². The van der Waals surface area contributed by atoms with E-state index in [-0.39, 0.29) is 5.75 Å². The Hall–Kier alpha value is 0.100. The van der Waals surface area contributed by atoms with Crippen molar-refractivity contribution in [3.8, 4) is 0 Å². The predicted molar refractivity (Wildman–Crippen MR) is 72.2 cm³/mol. The van der Waals surface area contributed by atoms with E-state index in [9.17, 15) is 13.2 Å². The minimum atomic E-state index is -4.00. The lowest BCUT2D eigenvalue weighted by atomic mass is 10.2. The van der Waals surface area contributed by atoms with Gasteiger partial charge in [-0.1, -0.05) is 26.2 Å². The summed E-state index contributed by atoms with van der Waals surface area (Å²) in [5, 5.41) is 0. The second kappa shape index (κ2) is 12.2. The molecule has 0 aliphatic rings. The Morgan fingerprint density at radius 2 is 1.56 bits per heavy atom. The van der Waals surface area contributed by atoms with Gasteiger partial charge in [-0.3, -0.25) is 0 Å². The number of thioether (sulfide) groups is 1. The van der Waals surface area contributed by atoms with Crippen molar-refractivity contribution < 1.29 is 17.9 Å². The van der Waals surface area contributed by atoms with Crippen molar-refractivity contribution in [2.75, 3.05) is 24.7 Å². The first kappa shape index (κ1) is 18.1. The summed E-state index contributed by atoms with van der Waals surface area (Å²) < 4.78 is 40.9. The minimum absolute atomic E-state index is 0.198. The van der Waals surface area contributed by atoms with Gasteiger partial charge in [0.1, 0.15) is 0 Å². The van der Waals surface area contributed by atoms with Gasteiger partial charge in [-0.15, -0.1) is 0 Å². The molecule has 0 unspecified atom stereocenters. The van der Waals surface area contributed by atoms with Crippen LogP contribution in [0, 0.1) is 0 Å². The lowest BCUT2D eigenvalue weighted by Crippen LogP contribution is -2.08. The molecule has 0 saturated carbocycles. The van der Waals surface area contributed by atoms with E-state index in [1.165, 1.54) is 11.8 Å². The highest BCUT2D eigenvalue weighted by Crippen LogP contribution is 2.22. The molecule has 0 N–H and O–H groups in total. The molecule has 0 aliphatic heterocycles. The molecular weight excluding hydrogens is 261 g/mol. The van der Waals surface area contributed by atoms with Crippen LogP contribution in [0.3, 0.4) is 0 Å². The van der Waals surface area contributed by atoms with Crippen molar-refractivity contribution in [2.24, 2.45) is 0 Å². The molecule has 0 saturated heterocycles. The Morgan fingerprint density at radius 1 is 0.889 bits per heavy atom. The van der Waals surface area contributed by atoms with E-state index in [4.69, 9.17) is 4.74 Å². The van der Waals surface area contributed by atoms with Gasteiger partial charge >= 0.3 is 6.18 Å². The van der Waals surface area contributed by atoms with Gasteiger partial charge in [0.2, 0.25) is 0 Å². The van der Waals surface area contributed by atoms with Crippen molar-refractivity contribution in [1.29, 1.82) is 0 Å². The zero-order valence-corrected chi connectivity index (χ0v) is 12.0. The van der Waals surface area contributed by atoms with Gasteiger partial charge in [-0.05, 0) is 25.0 Å². The SMILES string of the molecule is CCCCOCCCCCCSCCC(F)(F)F. The van der Waals surface area contributed by atoms with Gasteiger partial charge < -0.3 is 4.74 Å². The highest BCUT2D eigenvalue weighted by Gasteiger charge is 2.25. The molecule has 18 heavy (non-hydrogen) atoms. The van der Waals surface area contributed by atoms with Crippen LogP contribution in [0.15, 0.2) is 0 Å². The van der Waals surface area contributed by atoms with Crippen LogP contribution in [-0.4, -0.2) is 30.9 Å². The maximum Gasteiger partial charge on any atom is 0.389 e. The summed E-state index contributed by atoms with van der Waals surface area (Å²) >= 11 is 1.40. The van der Waals surface area contributed by atoms with Gasteiger partial charge in [0, 0.05) is 19.0 Å². The number of rotatable bonds is 12. The second-order valence-electron chi connectivity index (χ2n) is 4.36. The van der Waals surface area contributed by atoms with Gasteiger partial charge in [-0.25, -0.2) is 0 Å². The Morgan fingerprint density at radius 3 is 2.22 bits per heavy atom. The summed E-state index contributed by atoms with van der Waals surface area (Å²) in [6, 6.07) is 0. The van der Waals surface area contributed by atoms with Crippen molar-refractivity contribution in [3.05, 3.63) is 0 Å². The van der Waals surface area contributed by atoms with E-state index in [2.05, 4.69) is 6.92 Å². The average Bonchev–Trinajstić information content (AvgIpc) is 2.29. The molecule has 0 heterocycles. The van der Waals surface area contributed by atoms with Crippen LogP contribution in [0.5, 0.6) is 0 Å². The third-order valence-corrected chi connectivity index (χ3v) is 3.57. The molecule has 0 aromatic carbocycles. The van der Waals surface area contributed by atoms with Crippen LogP contribution in [0.4, 0.5) is 13.2 Å². The smallest absolute Gasteiger partial charge is 0.381 e. The predicted octanol–water partition coefficient (Wildman–Crippen LogP) is 5.05. The second-order valence-corrected chi connectivity index (χ2v) is 5.58. The van der Waals surface area contributed by atoms with Crippen molar-refractivity contribution in [1.82, 2.24) is 0 Å². The Bertz CT molecular complexity index is 174. The average molecular weight is 286 g/mol. The largest absolute Gasteiger partial charge is 0.389 e. The maximum absolute atomic E-state index is 11.8. The molecule has 0 rings (SSSR count). The summed E-state index contributed by atoms with van der Waals surface area (Å²) in [4.78, 5) is 0. The van der Waals surface area contributed by atoms with Crippen LogP contribution in [-0.2, 0) is 4.74 Å². The molecule has 0 aliphatic carbocycles. The molecule has 0 radical (unpaired) electrons. The van der Waals surface area contributed by atoms with Crippen molar-refractivity contribution in [2.45, 2.75) is 58.0 Å². The summed E-state index contributed by atoms with van der Waals surface area (Å²) in [5.41, 5.74) is 0. The number of ether oxygens (including phenoxy) is 1. The third-order valence-electron chi connectivity index (χ3n) is 2.50. The van der Waals surface area contributed by atoms with Crippen molar-refractivity contribution >= 4 is 11.8 Å². The van der Waals surface area contributed by atoms with Crippen LogP contribution >= 0.6 is 11.8 Å². The molecule has 0 aromatic heterocycles. The monoisotopic (exact) mass is 286 g/mol. The lowest BCUT2D eigenvalue weighted by Gasteiger charge is -2.06. The Kier molecular flexibility index (Phi) is 12.2. The molecule has 110 valence electrons. The Labute approximate surface area is 113 Å². The van der Waals surface area contributed by atoms with Crippen LogP contribution in [0.2, 0.25) is 0 Å². The standard InChI is InChI=1S/C13H25F3OS/c1-2-3-9-17-10-6-4-5-7-11-18-12-8-13(14,15)16/h2-12H2,1H3. The molecule has 1 nitrogen and oxygen atoms in total. The van der Waals surface area contributed by atoms with Crippen LogP contribution in [0.25, 0.3) is 0 Å². The van der Waals surface area contributed by atoms with E-state index < -0.39 is 12.6 Å². The zero-order chi connectivity index (χ0) is 13.7.